The third kappa shape index (κ3) is 6.12. The van der Waals surface area contributed by atoms with Crippen LogP contribution in [-0.2, 0) is 14.3 Å². The SMILES string of the molecule is C=CCOC(=O)c1sc(N2C(=O)C(=O)C(=C(O)c3ccc4c(c3)OCCO4)C2c2ccc(OCCCCC)cc2)nc1C. The van der Waals surface area contributed by atoms with Crippen LogP contribution in [0.5, 0.6) is 17.2 Å². The van der Waals surface area contributed by atoms with E-state index in [0.717, 1.165) is 30.6 Å². The Kier molecular flexibility index (Phi) is 9.10. The summed E-state index contributed by atoms with van der Waals surface area (Å²) < 4.78 is 22.3. The van der Waals surface area contributed by atoms with E-state index in [1.807, 2.05) is 0 Å². The lowest BCUT2D eigenvalue weighted by Gasteiger charge is -2.23. The van der Waals surface area contributed by atoms with Crippen LogP contribution in [-0.4, -0.2) is 54.2 Å². The van der Waals surface area contributed by atoms with E-state index in [4.69, 9.17) is 18.9 Å². The number of Topliss-reactive ketones (excluding diaryl/α,β-unsaturated/α-hetero) is 1. The number of aliphatic hydroxyl groups excluding tert-OH is 1. The maximum absolute atomic E-state index is 13.6. The highest BCUT2D eigenvalue weighted by Gasteiger charge is 2.48. The van der Waals surface area contributed by atoms with Crippen LogP contribution in [0.2, 0.25) is 0 Å². The molecule has 1 N–H and O–H groups in total. The van der Waals surface area contributed by atoms with Crippen LogP contribution in [0.25, 0.3) is 5.76 Å². The van der Waals surface area contributed by atoms with E-state index >= 15 is 0 Å². The smallest absolute Gasteiger partial charge is 0.350 e. The Balaban J connectivity index is 1.58. The van der Waals surface area contributed by atoms with E-state index in [0.29, 0.717) is 48.3 Å². The Hall–Kier alpha value is -4.64. The van der Waals surface area contributed by atoms with E-state index in [1.54, 1.807) is 49.4 Å². The van der Waals surface area contributed by atoms with Crippen molar-refractivity contribution in [1.82, 2.24) is 4.98 Å². The minimum absolute atomic E-state index is 0.0123. The summed E-state index contributed by atoms with van der Waals surface area (Å²) in [4.78, 5) is 45.7. The lowest BCUT2D eigenvalue weighted by Crippen LogP contribution is -2.29. The normalized spacial score (nSPS) is 17.2. The van der Waals surface area contributed by atoms with Gasteiger partial charge in [-0.25, -0.2) is 9.78 Å². The van der Waals surface area contributed by atoms with Crippen LogP contribution in [0.4, 0.5) is 5.13 Å². The Morgan fingerprint density at radius 1 is 1.14 bits per heavy atom. The zero-order chi connectivity index (χ0) is 30.5. The Morgan fingerprint density at radius 2 is 1.88 bits per heavy atom. The molecular weight excluding hydrogens is 572 g/mol. The molecule has 1 atom stereocenters. The molecule has 1 fully saturated rings. The first-order valence-electron chi connectivity index (χ1n) is 14.0. The van der Waals surface area contributed by atoms with Crippen molar-refractivity contribution >= 4 is 39.9 Å². The van der Waals surface area contributed by atoms with E-state index in [2.05, 4.69) is 18.5 Å². The Morgan fingerprint density at radius 3 is 2.60 bits per heavy atom. The van der Waals surface area contributed by atoms with Crippen LogP contribution < -0.4 is 19.1 Å². The molecule has 10 nitrogen and oxygen atoms in total. The topological polar surface area (TPSA) is 124 Å². The first-order valence-corrected chi connectivity index (χ1v) is 14.8. The number of esters is 1. The zero-order valence-electron chi connectivity index (χ0n) is 24.0. The van der Waals surface area contributed by atoms with E-state index in [1.165, 1.54) is 11.0 Å². The molecule has 0 bridgehead atoms. The van der Waals surface area contributed by atoms with E-state index in [-0.39, 0.29) is 33.5 Å². The molecule has 3 heterocycles. The van der Waals surface area contributed by atoms with Crippen molar-refractivity contribution in [2.24, 2.45) is 0 Å². The average molecular weight is 605 g/mol. The molecule has 43 heavy (non-hydrogen) atoms. The highest BCUT2D eigenvalue weighted by atomic mass is 32.1. The molecule has 1 amide bonds. The molecule has 3 aromatic rings. The van der Waals surface area contributed by atoms with Crippen molar-refractivity contribution in [1.29, 1.82) is 0 Å². The highest BCUT2D eigenvalue weighted by molar-refractivity contribution is 7.17. The largest absolute Gasteiger partial charge is 0.507 e. The van der Waals surface area contributed by atoms with Crippen LogP contribution >= 0.6 is 11.3 Å². The third-order valence-corrected chi connectivity index (χ3v) is 8.12. The Bertz CT molecular complexity index is 1580. The number of thiazole rings is 1. The lowest BCUT2D eigenvalue weighted by molar-refractivity contribution is -0.132. The van der Waals surface area contributed by atoms with Crippen molar-refractivity contribution in [2.45, 2.75) is 39.2 Å². The summed E-state index contributed by atoms with van der Waals surface area (Å²) >= 11 is 0.934. The monoisotopic (exact) mass is 604 g/mol. The standard InChI is InChI=1S/C32H32N2O8S/c1-4-6-7-15-39-22-11-8-20(9-12-22)26-25(27(35)21-10-13-23-24(18-21)41-17-16-40-23)28(36)30(37)34(26)32-33-19(3)29(43-32)31(38)42-14-5-2/h5,8-13,18,26,35H,2,4,6-7,14-17H2,1,3H3. The molecule has 2 aliphatic heterocycles. The predicted octanol–water partition coefficient (Wildman–Crippen LogP) is 5.76. The maximum atomic E-state index is 13.6. The molecule has 0 spiro atoms. The fourth-order valence-corrected chi connectivity index (χ4v) is 5.84. The maximum Gasteiger partial charge on any atom is 0.350 e. The minimum Gasteiger partial charge on any atom is -0.507 e. The first-order chi connectivity index (χ1) is 20.8. The average Bonchev–Trinajstić information content (AvgIpc) is 3.53. The molecule has 0 radical (unpaired) electrons. The lowest BCUT2D eigenvalue weighted by atomic mass is 9.95. The van der Waals surface area contributed by atoms with E-state index < -0.39 is 23.7 Å². The minimum atomic E-state index is -1.04. The molecule has 2 aliphatic rings. The number of aliphatic hydroxyl groups is 1. The van der Waals surface area contributed by atoms with Gasteiger partial charge in [0.15, 0.2) is 16.6 Å². The number of benzene rings is 2. The van der Waals surface area contributed by atoms with Crippen molar-refractivity contribution in [3.05, 3.63) is 82.4 Å². The number of ketones is 1. The van der Waals surface area contributed by atoms with Gasteiger partial charge in [0.2, 0.25) is 0 Å². The number of carbonyl (C=O) groups excluding carboxylic acids is 3. The summed E-state index contributed by atoms with van der Waals surface area (Å²) in [6.07, 6.45) is 4.51. The summed E-state index contributed by atoms with van der Waals surface area (Å²) in [6.45, 7) is 8.61. The number of carbonyl (C=O) groups is 3. The van der Waals surface area contributed by atoms with E-state index in [9.17, 15) is 19.5 Å². The van der Waals surface area contributed by atoms with Crippen LogP contribution in [0.15, 0.2) is 60.7 Å². The van der Waals surface area contributed by atoms with Gasteiger partial charge in [-0.2, -0.15) is 0 Å². The molecule has 0 aliphatic carbocycles. The predicted molar refractivity (Wildman–Crippen MR) is 161 cm³/mol. The van der Waals surface area contributed by atoms with Gasteiger partial charge in [-0.3, -0.25) is 14.5 Å². The molecule has 11 heteroatoms. The van der Waals surface area contributed by atoms with Gasteiger partial charge in [-0.15, -0.1) is 0 Å². The summed E-state index contributed by atoms with van der Waals surface area (Å²) in [5.74, 6) is -1.19. The molecular formula is C32H32N2O8S. The van der Waals surface area contributed by atoms with Crippen LogP contribution in [0.3, 0.4) is 0 Å². The third-order valence-electron chi connectivity index (χ3n) is 6.98. The summed E-state index contributed by atoms with van der Waals surface area (Å²) in [5, 5.41) is 11.7. The molecule has 1 saturated heterocycles. The fraction of sp³-hybridized carbons (Fsp3) is 0.312. The van der Waals surface area contributed by atoms with Crippen molar-refractivity contribution in [3.8, 4) is 17.2 Å². The van der Waals surface area contributed by atoms with Crippen molar-refractivity contribution in [3.63, 3.8) is 0 Å². The van der Waals surface area contributed by atoms with Crippen molar-refractivity contribution in [2.75, 3.05) is 31.3 Å². The first kappa shape index (κ1) is 29.8. The fourth-order valence-electron chi connectivity index (χ4n) is 4.85. The molecule has 0 saturated carbocycles. The van der Waals surface area contributed by atoms with Gasteiger partial charge < -0.3 is 24.1 Å². The molecule has 1 unspecified atom stereocenters. The Labute approximate surface area is 253 Å². The van der Waals surface area contributed by atoms with Crippen LogP contribution in [0, 0.1) is 6.92 Å². The number of ether oxygens (including phenoxy) is 4. The number of aromatic nitrogens is 1. The van der Waals surface area contributed by atoms with Gasteiger partial charge in [0.25, 0.3) is 5.78 Å². The quantitative estimate of drug-likeness (QED) is 0.0726. The number of fused-ring (bicyclic) bond motifs is 1. The summed E-state index contributed by atoms with van der Waals surface area (Å²) in [6, 6.07) is 10.8. The number of nitrogens with zero attached hydrogens (tertiary/aromatic N) is 2. The molecule has 1 aromatic heterocycles. The van der Waals surface area contributed by atoms with Crippen molar-refractivity contribution < 1.29 is 38.4 Å². The zero-order valence-corrected chi connectivity index (χ0v) is 24.8. The van der Waals surface area contributed by atoms with Gasteiger partial charge in [-0.05, 0) is 49.2 Å². The van der Waals surface area contributed by atoms with Gasteiger partial charge in [-0.1, -0.05) is 55.9 Å². The summed E-state index contributed by atoms with van der Waals surface area (Å²) in [7, 11) is 0. The number of aryl methyl sites for hydroxylation is 1. The second-order valence-electron chi connectivity index (χ2n) is 9.95. The van der Waals surface area contributed by atoms with Gasteiger partial charge in [0.1, 0.15) is 36.2 Å². The number of rotatable bonds is 11. The van der Waals surface area contributed by atoms with Crippen LogP contribution in [0.1, 0.15) is 58.7 Å². The number of unbranched alkanes of at least 4 members (excludes halogenated alkanes) is 2. The van der Waals surface area contributed by atoms with Gasteiger partial charge >= 0.3 is 11.9 Å². The van der Waals surface area contributed by atoms with Gasteiger partial charge in [0.05, 0.1) is 23.9 Å². The molecule has 5 rings (SSSR count). The van der Waals surface area contributed by atoms with Gasteiger partial charge in [0, 0.05) is 5.56 Å². The number of anilines is 1. The number of hydrogen-bond acceptors (Lipinski definition) is 10. The highest BCUT2D eigenvalue weighted by Crippen LogP contribution is 2.45. The second kappa shape index (κ2) is 13.1. The molecule has 224 valence electrons. The summed E-state index contributed by atoms with van der Waals surface area (Å²) in [5.41, 5.74) is 1.05. The number of hydrogen-bond donors (Lipinski definition) is 1. The molecule has 2 aromatic carbocycles. The second-order valence-corrected chi connectivity index (χ2v) is 10.9. The number of amides is 1.